The maximum Gasteiger partial charge on any atom is 0.258 e. The van der Waals surface area contributed by atoms with E-state index in [1.54, 1.807) is 36.9 Å². The highest BCUT2D eigenvalue weighted by Gasteiger charge is 2.27. The van der Waals surface area contributed by atoms with Crippen molar-refractivity contribution in [2.45, 2.75) is 42.5 Å². The number of amides is 1. The fourth-order valence-corrected chi connectivity index (χ4v) is 5.44. The largest absolute Gasteiger partial charge is 0.484 e. The summed E-state index contributed by atoms with van der Waals surface area (Å²) in [6, 6.07) is 12.7. The van der Waals surface area contributed by atoms with E-state index in [-0.39, 0.29) is 23.5 Å². The van der Waals surface area contributed by atoms with Crippen LogP contribution in [0.4, 0.5) is 0 Å². The molecule has 1 amide bonds. The Morgan fingerprint density at radius 1 is 1.17 bits per heavy atom. The molecule has 1 heterocycles. The fraction of sp³-hybridized carbons (Fsp3) is 0.409. The number of aryl methyl sites for hydroxylation is 1. The molecule has 1 aliphatic heterocycles. The summed E-state index contributed by atoms with van der Waals surface area (Å²) in [5.41, 5.74) is 1.71. The van der Waals surface area contributed by atoms with Crippen LogP contribution in [-0.4, -0.2) is 44.6 Å². The first-order valence-electron chi connectivity index (χ1n) is 9.98. The summed E-state index contributed by atoms with van der Waals surface area (Å²) in [5, 5.41) is 2.92. The number of ether oxygens (including phenoxy) is 1. The highest BCUT2D eigenvalue weighted by Crippen LogP contribution is 2.26. The molecular weight excluding hydrogens is 420 g/mol. The molecule has 1 N–H and O–H groups in total. The van der Waals surface area contributed by atoms with Crippen LogP contribution in [0.1, 0.15) is 36.9 Å². The Bertz CT molecular complexity index is 985. The molecule has 1 saturated heterocycles. The van der Waals surface area contributed by atoms with Crippen molar-refractivity contribution in [1.29, 1.82) is 0 Å². The summed E-state index contributed by atoms with van der Waals surface area (Å²) in [7, 11) is -3.46. The van der Waals surface area contributed by atoms with Crippen LogP contribution in [0.15, 0.2) is 52.3 Å². The average Bonchev–Trinajstić information content (AvgIpc) is 3.28. The Morgan fingerprint density at radius 2 is 1.83 bits per heavy atom. The Kier molecular flexibility index (Phi) is 7.44. The number of carbonyl (C=O) groups is 1. The molecule has 2 aromatic rings. The number of sulfonamides is 1. The van der Waals surface area contributed by atoms with Gasteiger partial charge in [-0.05, 0) is 74.4 Å². The molecule has 2 aromatic carbocycles. The van der Waals surface area contributed by atoms with Gasteiger partial charge in [0.25, 0.3) is 5.91 Å². The van der Waals surface area contributed by atoms with E-state index in [1.165, 1.54) is 9.20 Å². The Balaban J connectivity index is 1.57. The van der Waals surface area contributed by atoms with Crippen LogP contribution in [-0.2, 0) is 14.8 Å². The topological polar surface area (TPSA) is 75.7 Å². The van der Waals surface area contributed by atoms with E-state index in [0.29, 0.717) is 24.4 Å². The van der Waals surface area contributed by atoms with Gasteiger partial charge in [0.05, 0.1) is 10.9 Å². The summed E-state index contributed by atoms with van der Waals surface area (Å²) in [6.07, 6.45) is 3.82. The molecule has 1 atom stereocenters. The summed E-state index contributed by atoms with van der Waals surface area (Å²) in [5.74, 6) is 0.270. The lowest BCUT2D eigenvalue weighted by Gasteiger charge is -2.17. The summed E-state index contributed by atoms with van der Waals surface area (Å²) >= 11 is 1.67. The van der Waals surface area contributed by atoms with Gasteiger partial charge in [0.1, 0.15) is 5.75 Å². The van der Waals surface area contributed by atoms with Crippen molar-refractivity contribution in [3.05, 3.63) is 53.6 Å². The minimum atomic E-state index is -3.46. The first kappa shape index (κ1) is 22.7. The average molecular weight is 449 g/mol. The second kappa shape index (κ2) is 9.85. The number of thioether (sulfide) groups is 1. The van der Waals surface area contributed by atoms with Gasteiger partial charge < -0.3 is 10.1 Å². The maximum absolute atomic E-state index is 12.7. The van der Waals surface area contributed by atoms with Crippen molar-refractivity contribution in [2.24, 2.45) is 0 Å². The third-order valence-corrected chi connectivity index (χ3v) is 7.84. The highest BCUT2D eigenvalue weighted by molar-refractivity contribution is 7.98. The predicted molar refractivity (Wildman–Crippen MR) is 119 cm³/mol. The number of nitrogens with one attached hydrogen (secondary N) is 1. The zero-order chi connectivity index (χ0) is 21.7. The van der Waals surface area contributed by atoms with E-state index in [0.717, 1.165) is 18.4 Å². The number of hydrogen-bond acceptors (Lipinski definition) is 5. The van der Waals surface area contributed by atoms with Gasteiger partial charge in [0.2, 0.25) is 10.0 Å². The Hall–Kier alpha value is -2.03. The molecule has 0 saturated carbocycles. The molecule has 0 radical (unpaired) electrons. The highest BCUT2D eigenvalue weighted by atomic mass is 32.2. The van der Waals surface area contributed by atoms with E-state index >= 15 is 0 Å². The minimum absolute atomic E-state index is 0.133. The van der Waals surface area contributed by atoms with Crippen molar-refractivity contribution in [3.63, 3.8) is 0 Å². The molecule has 0 spiro atoms. The zero-order valence-corrected chi connectivity index (χ0v) is 19.2. The van der Waals surface area contributed by atoms with E-state index in [2.05, 4.69) is 5.32 Å². The van der Waals surface area contributed by atoms with Crippen molar-refractivity contribution in [1.82, 2.24) is 9.62 Å². The van der Waals surface area contributed by atoms with Gasteiger partial charge in [-0.3, -0.25) is 4.79 Å². The standard InChI is InChI=1S/C22H28N2O4S2/c1-16-14-20(30(26,27)24-12-4-5-13-24)10-11-21(16)28-15-22(25)23-17(2)18-6-8-19(29-3)9-7-18/h6-11,14,17H,4-5,12-13,15H2,1-3H3,(H,23,25). The van der Waals surface area contributed by atoms with E-state index in [9.17, 15) is 13.2 Å². The fourth-order valence-electron chi connectivity index (χ4n) is 3.42. The van der Waals surface area contributed by atoms with E-state index in [1.807, 2.05) is 37.4 Å². The molecule has 1 unspecified atom stereocenters. The van der Waals surface area contributed by atoms with Gasteiger partial charge >= 0.3 is 0 Å². The second-order valence-electron chi connectivity index (χ2n) is 7.39. The molecular formula is C22H28N2O4S2. The van der Waals surface area contributed by atoms with E-state index in [4.69, 9.17) is 4.74 Å². The SMILES string of the molecule is CSc1ccc(C(C)NC(=O)COc2ccc(S(=O)(=O)N3CCCC3)cc2C)cc1. The Labute approximate surface area is 183 Å². The molecule has 3 rings (SSSR count). The van der Waals surface area contributed by atoms with Crippen LogP contribution < -0.4 is 10.1 Å². The second-order valence-corrected chi connectivity index (χ2v) is 10.2. The normalized spacial score (nSPS) is 15.7. The third kappa shape index (κ3) is 5.36. The van der Waals surface area contributed by atoms with Crippen molar-refractivity contribution < 1.29 is 17.9 Å². The number of benzene rings is 2. The molecule has 0 bridgehead atoms. The third-order valence-electron chi connectivity index (χ3n) is 5.20. The number of rotatable bonds is 8. The van der Waals surface area contributed by atoms with Gasteiger partial charge in [-0.25, -0.2) is 8.42 Å². The molecule has 1 aliphatic rings. The van der Waals surface area contributed by atoms with Crippen molar-refractivity contribution in [3.8, 4) is 5.75 Å². The van der Waals surface area contributed by atoms with Gasteiger partial charge in [0.15, 0.2) is 6.61 Å². The lowest BCUT2D eigenvalue weighted by molar-refractivity contribution is -0.123. The first-order chi connectivity index (χ1) is 14.3. The van der Waals surface area contributed by atoms with E-state index < -0.39 is 10.0 Å². The lowest BCUT2D eigenvalue weighted by atomic mass is 10.1. The molecule has 0 aromatic heterocycles. The Morgan fingerprint density at radius 3 is 2.43 bits per heavy atom. The van der Waals surface area contributed by atoms with Crippen molar-refractivity contribution >= 4 is 27.7 Å². The smallest absolute Gasteiger partial charge is 0.258 e. The predicted octanol–water partition coefficient (Wildman–Crippen LogP) is 3.76. The number of nitrogens with zero attached hydrogens (tertiary/aromatic N) is 1. The van der Waals surface area contributed by atoms with Crippen LogP contribution in [0.5, 0.6) is 5.75 Å². The lowest BCUT2D eigenvalue weighted by Crippen LogP contribution is -2.31. The van der Waals surface area contributed by atoms with Gasteiger partial charge in [-0.2, -0.15) is 4.31 Å². The van der Waals surface area contributed by atoms with Crippen LogP contribution >= 0.6 is 11.8 Å². The van der Waals surface area contributed by atoms with Crippen LogP contribution in [0.25, 0.3) is 0 Å². The number of carbonyl (C=O) groups excluding carboxylic acids is 1. The molecule has 1 fully saturated rings. The van der Waals surface area contributed by atoms with Crippen molar-refractivity contribution in [2.75, 3.05) is 26.0 Å². The number of hydrogen-bond donors (Lipinski definition) is 1. The minimum Gasteiger partial charge on any atom is -0.484 e. The zero-order valence-electron chi connectivity index (χ0n) is 17.6. The van der Waals surface area contributed by atoms with Crippen LogP contribution in [0.3, 0.4) is 0 Å². The molecule has 8 heteroatoms. The summed E-state index contributed by atoms with van der Waals surface area (Å²) in [6.45, 7) is 4.71. The summed E-state index contributed by atoms with van der Waals surface area (Å²) < 4.78 is 32.5. The van der Waals surface area contributed by atoms with Gasteiger partial charge in [-0.1, -0.05) is 12.1 Å². The van der Waals surface area contributed by atoms with Crippen LogP contribution in [0, 0.1) is 6.92 Å². The van der Waals surface area contributed by atoms with Crippen LogP contribution in [0.2, 0.25) is 0 Å². The first-order valence-corrected chi connectivity index (χ1v) is 12.6. The molecule has 6 nitrogen and oxygen atoms in total. The summed E-state index contributed by atoms with van der Waals surface area (Å²) in [4.78, 5) is 13.7. The molecule has 162 valence electrons. The monoisotopic (exact) mass is 448 g/mol. The van der Waals surface area contributed by atoms with Gasteiger partial charge in [0, 0.05) is 18.0 Å². The molecule has 30 heavy (non-hydrogen) atoms. The van der Waals surface area contributed by atoms with Gasteiger partial charge in [-0.15, -0.1) is 11.8 Å². The molecule has 0 aliphatic carbocycles. The maximum atomic E-state index is 12.7. The quantitative estimate of drug-likeness (QED) is 0.623.